The number of ether oxygens (including phenoxy) is 1. The maximum absolute atomic E-state index is 9.22. The molecule has 1 aromatic heterocycles. The largest absolute Gasteiger partial charge is 0.496 e. The molecule has 0 amide bonds. The summed E-state index contributed by atoms with van der Waals surface area (Å²) < 4.78 is 7.17. The van der Waals surface area contributed by atoms with Gasteiger partial charge in [-0.25, -0.2) is 4.68 Å². The zero-order chi connectivity index (χ0) is 16.4. The normalized spacial score (nSPS) is 10.3. The van der Waals surface area contributed by atoms with Crippen molar-refractivity contribution in [2.75, 3.05) is 7.11 Å². The molecule has 2 aromatic carbocycles. The van der Waals surface area contributed by atoms with Gasteiger partial charge in [0.1, 0.15) is 11.8 Å². The average Bonchev–Trinajstić information content (AvgIpc) is 2.99. The summed E-state index contributed by atoms with van der Waals surface area (Å²) >= 11 is 6.09. The summed E-state index contributed by atoms with van der Waals surface area (Å²) in [6, 6.07) is 17.1. The van der Waals surface area contributed by atoms with Gasteiger partial charge in [-0.1, -0.05) is 29.3 Å². The van der Waals surface area contributed by atoms with Crippen LogP contribution in [0.15, 0.2) is 48.5 Å². The molecule has 3 aromatic rings. The van der Waals surface area contributed by atoms with Gasteiger partial charge in [0.2, 0.25) is 0 Å². The maximum atomic E-state index is 9.22. The molecule has 0 saturated heterocycles. The summed E-state index contributed by atoms with van der Waals surface area (Å²) in [5, 5.41) is 14.2. The molecule has 0 unspecified atom stereocenters. The van der Waals surface area contributed by atoms with Crippen molar-refractivity contribution in [3.63, 3.8) is 0 Å². The Balaban J connectivity index is 2.27. The highest BCUT2D eigenvalue weighted by atomic mass is 35.5. The van der Waals surface area contributed by atoms with E-state index in [1.54, 1.807) is 23.9 Å². The molecule has 23 heavy (non-hydrogen) atoms. The minimum absolute atomic E-state index is 0.337. The molecule has 0 aliphatic carbocycles. The van der Waals surface area contributed by atoms with Crippen LogP contribution in [0.4, 0.5) is 0 Å². The molecule has 0 saturated carbocycles. The number of nitriles is 1. The van der Waals surface area contributed by atoms with E-state index in [9.17, 15) is 5.26 Å². The van der Waals surface area contributed by atoms with Crippen LogP contribution in [-0.4, -0.2) is 16.9 Å². The molecule has 0 radical (unpaired) electrons. The summed E-state index contributed by atoms with van der Waals surface area (Å²) in [6.07, 6.45) is 0. The van der Waals surface area contributed by atoms with E-state index < -0.39 is 0 Å². The second kappa shape index (κ2) is 6.15. The first-order valence-corrected chi connectivity index (χ1v) is 7.41. The van der Waals surface area contributed by atoms with Gasteiger partial charge in [-0.15, -0.1) is 0 Å². The molecule has 0 aliphatic rings. The Hall–Kier alpha value is -2.77. The molecule has 0 fully saturated rings. The summed E-state index contributed by atoms with van der Waals surface area (Å²) in [4.78, 5) is 0. The number of hydrogen-bond acceptors (Lipinski definition) is 3. The Morgan fingerprint density at radius 2 is 2.00 bits per heavy atom. The van der Waals surface area contributed by atoms with Gasteiger partial charge in [-0.2, -0.15) is 10.4 Å². The monoisotopic (exact) mass is 323 g/mol. The van der Waals surface area contributed by atoms with Crippen molar-refractivity contribution in [2.45, 2.75) is 6.92 Å². The van der Waals surface area contributed by atoms with E-state index in [2.05, 4.69) is 11.2 Å². The lowest BCUT2D eigenvalue weighted by atomic mass is 10.1. The molecule has 0 aliphatic heterocycles. The number of halogens is 1. The number of rotatable bonds is 3. The van der Waals surface area contributed by atoms with Crippen LogP contribution in [0.25, 0.3) is 16.9 Å². The highest BCUT2D eigenvalue weighted by Crippen LogP contribution is 2.33. The Morgan fingerprint density at radius 1 is 1.17 bits per heavy atom. The van der Waals surface area contributed by atoms with Crippen LogP contribution in [0.2, 0.25) is 5.02 Å². The van der Waals surface area contributed by atoms with E-state index in [1.165, 1.54) is 0 Å². The highest BCUT2D eigenvalue weighted by molar-refractivity contribution is 6.30. The lowest BCUT2D eigenvalue weighted by Gasteiger charge is -2.12. The topological polar surface area (TPSA) is 50.8 Å². The zero-order valence-corrected chi connectivity index (χ0v) is 13.5. The highest BCUT2D eigenvalue weighted by Gasteiger charge is 2.16. The van der Waals surface area contributed by atoms with Crippen LogP contribution in [0.5, 0.6) is 5.75 Å². The third kappa shape index (κ3) is 2.92. The first-order chi connectivity index (χ1) is 11.1. The van der Waals surface area contributed by atoms with Gasteiger partial charge < -0.3 is 4.74 Å². The molecule has 0 N–H and O–H groups in total. The van der Waals surface area contributed by atoms with Crippen LogP contribution < -0.4 is 4.74 Å². The predicted molar refractivity (Wildman–Crippen MR) is 90.0 cm³/mol. The maximum Gasteiger partial charge on any atom is 0.163 e. The second-order valence-corrected chi connectivity index (χ2v) is 5.56. The van der Waals surface area contributed by atoms with Gasteiger partial charge in [-0.05, 0) is 37.3 Å². The van der Waals surface area contributed by atoms with Crippen molar-refractivity contribution >= 4 is 11.6 Å². The van der Waals surface area contributed by atoms with Crippen LogP contribution in [0, 0.1) is 18.3 Å². The van der Waals surface area contributed by atoms with E-state index in [1.807, 2.05) is 43.3 Å². The molecule has 1 heterocycles. The van der Waals surface area contributed by atoms with Crippen molar-refractivity contribution in [2.24, 2.45) is 0 Å². The van der Waals surface area contributed by atoms with Crippen molar-refractivity contribution in [3.8, 4) is 28.8 Å². The van der Waals surface area contributed by atoms with E-state index in [-0.39, 0.29) is 0 Å². The summed E-state index contributed by atoms with van der Waals surface area (Å²) in [5.41, 5.74) is 3.88. The number of benzene rings is 2. The SMILES string of the molecule is COc1ccc(C)cc1-c1cc(C#N)nn1-c1cccc(Cl)c1. The van der Waals surface area contributed by atoms with Crippen LogP contribution >= 0.6 is 11.6 Å². The first-order valence-electron chi connectivity index (χ1n) is 7.03. The molecule has 0 atom stereocenters. The molecule has 3 rings (SSSR count). The molecule has 5 heteroatoms. The standard InChI is InChI=1S/C18H14ClN3O/c1-12-6-7-18(23-2)16(8-12)17-10-14(11-20)21-22(17)15-5-3-4-13(19)9-15/h3-10H,1-2H3. The predicted octanol–water partition coefficient (Wildman–Crippen LogP) is 4.38. The minimum atomic E-state index is 0.337. The van der Waals surface area contributed by atoms with Crippen LogP contribution in [-0.2, 0) is 0 Å². The van der Waals surface area contributed by atoms with Crippen molar-refractivity contribution < 1.29 is 4.74 Å². The van der Waals surface area contributed by atoms with Crippen molar-refractivity contribution in [1.82, 2.24) is 9.78 Å². The van der Waals surface area contributed by atoms with Gasteiger partial charge in [0, 0.05) is 16.7 Å². The van der Waals surface area contributed by atoms with Crippen LogP contribution in [0.3, 0.4) is 0 Å². The smallest absolute Gasteiger partial charge is 0.163 e. The van der Waals surface area contributed by atoms with Crippen molar-refractivity contribution in [3.05, 3.63) is 64.8 Å². The minimum Gasteiger partial charge on any atom is -0.496 e. The van der Waals surface area contributed by atoms with Gasteiger partial charge in [0.15, 0.2) is 5.69 Å². The molecular formula is C18H14ClN3O. The Morgan fingerprint density at radius 3 is 2.70 bits per heavy atom. The van der Waals surface area contributed by atoms with Gasteiger partial charge in [-0.3, -0.25) is 0 Å². The number of methoxy groups -OCH3 is 1. The summed E-state index contributed by atoms with van der Waals surface area (Å²) in [5.74, 6) is 0.725. The number of nitrogens with zero attached hydrogens (tertiary/aromatic N) is 3. The van der Waals surface area contributed by atoms with E-state index >= 15 is 0 Å². The van der Waals surface area contributed by atoms with Gasteiger partial charge in [0.05, 0.1) is 18.5 Å². The number of aryl methyl sites for hydroxylation is 1. The molecule has 0 spiro atoms. The van der Waals surface area contributed by atoms with E-state index in [0.717, 1.165) is 28.3 Å². The summed E-state index contributed by atoms with van der Waals surface area (Å²) in [7, 11) is 1.62. The fourth-order valence-electron chi connectivity index (χ4n) is 2.45. The third-order valence-corrected chi connectivity index (χ3v) is 3.74. The molecule has 4 nitrogen and oxygen atoms in total. The molecular weight excluding hydrogens is 310 g/mol. The fourth-order valence-corrected chi connectivity index (χ4v) is 2.64. The summed E-state index contributed by atoms with van der Waals surface area (Å²) in [6.45, 7) is 2.01. The van der Waals surface area contributed by atoms with E-state index in [4.69, 9.17) is 16.3 Å². The lowest BCUT2D eigenvalue weighted by Crippen LogP contribution is -2.00. The first kappa shape index (κ1) is 15.1. The zero-order valence-electron chi connectivity index (χ0n) is 12.7. The molecule has 0 bridgehead atoms. The second-order valence-electron chi connectivity index (χ2n) is 5.12. The quantitative estimate of drug-likeness (QED) is 0.718. The Bertz CT molecular complexity index is 909. The lowest BCUT2D eigenvalue weighted by molar-refractivity contribution is 0.416. The van der Waals surface area contributed by atoms with Gasteiger partial charge >= 0.3 is 0 Å². The van der Waals surface area contributed by atoms with Crippen LogP contribution in [0.1, 0.15) is 11.3 Å². The number of hydrogen-bond donors (Lipinski definition) is 0. The Labute approximate surface area is 139 Å². The van der Waals surface area contributed by atoms with Gasteiger partial charge in [0.25, 0.3) is 0 Å². The third-order valence-electron chi connectivity index (χ3n) is 3.51. The Kier molecular flexibility index (Phi) is 4.05. The van der Waals surface area contributed by atoms with Crippen molar-refractivity contribution in [1.29, 1.82) is 5.26 Å². The average molecular weight is 324 g/mol. The number of aromatic nitrogens is 2. The van der Waals surface area contributed by atoms with E-state index in [0.29, 0.717) is 10.7 Å². The molecule has 114 valence electrons. The fraction of sp³-hybridized carbons (Fsp3) is 0.111.